The van der Waals surface area contributed by atoms with Crippen LogP contribution in [-0.2, 0) is 15.9 Å². The Morgan fingerprint density at radius 2 is 1.00 bits per heavy atom. The summed E-state index contributed by atoms with van der Waals surface area (Å²) in [5.41, 5.74) is 5.73. The van der Waals surface area contributed by atoms with Gasteiger partial charge in [-0.2, -0.15) is 0 Å². The lowest BCUT2D eigenvalue weighted by Gasteiger charge is -2.34. The van der Waals surface area contributed by atoms with Crippen LogP contribution < -0.4 is 0 Å². The van der Waals surface area contributed by atoms with Crippen molar-refractivity contribution in [1.82, 2.24) is 5.06 Å². The Labute approximate surface area is 173 Å². The molecule has 0 atom stereocenters. The molecule has 2 nitrogen and oxygen atoms in total. The highest BCUT2D eigenvalue weighted by atomic mass is 79.9. The van der Waals surface area contributed by atoms with Crippen LogP contribution in [0.1, 0.15) is 49.9 Å². The summed E-state index contributed by atoms with van der Waals surface area (Å²) in [4.78, 5) is 0. The largest absolute Gasteiger partial charge is 0.135 e. The van der Waals surface area contributed by atoms with Gasteiger partial charge < -0.3 is 0 Å². The highest BCUT2D eigenvalue weighted by molar-refractivity contribution is 9.08. The molecule has 0 saturated carbocycles. The number of hydrogen-bond donors (Lipinski definition) is 0. The Morgan fingerprint density at radius 3 is 1.27 bits per heavy atom. The number of hydroxylamine groups is 2. The van der Waals surface area contributed by atoms with Crippen molar-refractivity contribution in [1.29, 1.82) is 0 Å². The zero-order valence-electron chi connectivity index (χ0n) is 15.6. The summed E-state index contributed by atoms with van der Waals surface area (Å²) in [7, 11) is 0. The van der Waals surface area contributed by atoms with Crippen LogP contribution in [0.3, 0.4) is 0 Å². The molecule has 1 aliphatic rings. The molecule has 1 aliphatic heterocycles. The molecule has 2 aromatic rings. The molecule has 26 heavy (non-hydrogen) atoms. The number of rotatable bonds is 4. The van der Waals surface area contributed by atoms with Gasteiger partial charge in [-0.15, -0.1) is 10.3 Å². The van der Waals surface area contributed by atoms with Gasteiger partial charge in [0.15, 0.2) is 0 Å². The molecular formula is C22H24Br2NO. The molecule has 0 spiro atoms. The molecule has 0 aliphatic carbocycles. The van der Waals surface area contributed by atoms with Crippen LogP contribution in [0.15, 0.2) is 48.5 Å². The number of alkyl halides is 2. The van der Waals surface area contributed by atoms with Gasteiger partial charge in [-0.25, -0.2) is 0 Å². The average Bonchev–Trinajstić information content (AvgIpc) is 2.78. The van der Waals surface area contributed by atoms with E-state index in [2.05, 4.69) is 80.4 Å². The minimum absolute atomic E-state index is 0.594. The van der Waals surface area contributed by atoms with Gasteiger partial charge >= 0.3 is 0 Å². The maximum absolute atomic E-state index is 13.2. The molecule has 0 N–H and O–H groups in total. The van der Waals surface area contributed by atoms with Crippen LogP contribution >= 0.6 is 31.9 Å². The molecule has 137 valence electrons. The fourth-order valence-electron chi connectivity index (χ4n) is 4.03. The SMILES string of the molecule is CC1(C)C(c2ccc(CBr)cc2)=C(c2ccc(CBr)cc2)C(C)(C)N1[O]. The molecule has 0 aromatic heterocycles. The summed E-state index contributed by atoms with van der Waals surface area (Å²) >= 11 is 7.01. The van der Waals surface area contributed by atoms with Crippen molar-refractivity contribution in [2.24, 2.45) is 0 Å². The molecular weight excluding hydrogens is 454 g/mol. The normalized spacial score (nSPS) is 19.2. The minimum atomic E-state index is -0.594. The number of halogens is 2. The topological polar surface area (TPSA) is 23.1 Å². The van der Waals surface area contributed by atoms with E-state index >= 15 is 0 Å². The van der Waals surface area contributed by atoms with E-state index in [1.807, 2.05) is 27.7 Å². The van der Waals surface area contributed by atoms with Gasteiger partial charge in [0.25, 0.3) is 0 Å². The number of benzene rings is 2. The fraction of sp³-hybridized carbons (Fsp3) is 0.364. The lowest BCUT2D eigenvalue weighted by molar-refractivity contribution is -0.232. The lowest BCUT2D eigenvalue weighted by atomic mass is 9.82. The second-order valence-electron chi connectivity index (χ2n) is 7.82. The predicted octanol–water partition coefficient (Wildman–Crippen LogP) is 6.61. The third-order valence-electron chi connectivity index (χ3n) is 5.28. The van der Waals surface area contributed by atoms with Crippen LogP contribution in [0.2, 0.25) is 0 Å². The summed E-state index contributed by atoms with van der Waals surface area (Å²) in [6, 6.07) is 17.0. The van der Waals surface area contributed by atoms with Crippen LogP contribution in [-0.4, -0.2) is 16.1 Å². The van der Waals surface area contributed by atoms with E-state index in [1.165, 1.54) is 16.2 Å². The fourth-order valence-corrected chi connectivity index (χ4v) is 4.78. The van der Waals surface area contributed by atoms with E-state index in [9.17, 15) is 5.21 Å². The molecule has 0 unspecified atom stereocenters. The minimum Gasteiger partial charge on any atom is -0.135 e. The second-order valence-corrected chi connectivity index (χ2v) is 8.94. The summed E-state index contributed by atoms with van der Waals surface area (Å²) in [6.07, 6.45) is 0. The van der Waals surface area contributed by atoms with Crippen molar-refractivity contribution in [2.45, 2.75) is 49.4 Å². The van der Waals surface area contributed by atoms with E-state index in [1.54, 1.807) is 0 Å². The molecule has 0 bridgehead atoms. The van der Waals surface area contributed by atoms with Gasteiger partial charge in [0.2, 0.25) is 0 Å². The van der Waals surface area contributed by atoms with Crippen molar-refractivity contribution in [3.8, 4) is 0 Å². The summed E-state index contributed by atoms with van der Waals surface area (Å²) in [6.45, 7) is 8.09. The molecule has 2 aromatic carbocycles. The smallest absolute Gasteiger partial charge is 0.0705 e. The van der Waals surface area contributed by atoms with Crippen molar-refractivity contribution < 1.29 is 5.21 Å². The summed E-state index contributed by atoms with van der Waals surface area (Å²) in [5, 5.41) is 16.1. The molecule has 4 heteroatoms. The van der Waals surface area contributed by atoms with Crippen molar-refractivity contribution in [2.75, 3.05) is 0 Å². The van der Waals surface area contributed by atoms with Gasteiger partial charge in [-0.1, -0.05) is 80.4 Å². The van der Waals surface area contributed by atoms with Gasteiger partial charge in [-0.05, 0) is 61.1 Å². The third-order valence-corrected chi connectivity index (χ3v) is 6.58. The van der Waals surface area contributed by atoms with Crippen LogP contribution in [0.25, 0.3) is 11.1 Å². The van der Waals surface area contributed by atoms with Crippen LogP contribution in [0.4, 0.5) is 0 Å². The molecule has 0 fully saturated rings. The quantitative estimate of drug-likeness (QED) is 0.454. The van der Waals surface area contributed by atoms with E-state index in [0.29, 0.717) is 0 Å². The zero-order chi connectivity index (χ0) is 19.1. The monoisotopic (exact) mass is 476 g/mol. The summed E-state index contributed by atoms with van der Waals surface area (Å²) in [5.74, 6) is 0. The van der Waals surface area contributed by atoms with Crippen LogP contribution in [0.5, 0.6) is 0 Å². The Hall–Kier alpha value is -0.940. The van der Waals surface area contributed by atoms with Crippen molar-refractivity contribution in [3.63, 3.8) is 0 Å². The Bertz CT molecular complexity index is 751. The maximum Gasteiger partial charge on any atom is 0.0705 e. The average molecular weight is 478 g/mol. The molecule has 1 heterocycles. The zero-order valence-corrected chi connectivity index (χ0v) is 18.8. The summed E-state index contributed by atoms with van der Waals surface area (Å²) < 4.78 is 0. The lowest BCUT2D eigenvalue weighted by Crippen LogP contribution is -2.47. The molecule has 1 radical (unpaired) electrons. The van der Waals surface area contributed by atoms with E-state index in [0.717, 1.165) is 32.9 Å². The second kappa shape index (κ2) is 7.23. The molecule has 0 amide bonds. The highest BCUT2D eigenvalue weighted by Crippen LogP contribution is 2.52. The van der Waals surface area contributed by atoms with E-state index < -0.39 is 11.1 Å². The van der Waals surface area contributed by atoms with E-state index in [-0.39, 0.29) is 0 Å². The van der Waals surface area contributed by atoms with Gasteiger partial charge in [0.05, 0.1) is 11.1 Å². The molecule has 3 rings (SSSR count). The molecule has 0 saturated heterocycles. The Balaban J connectivity index is 2.25. The van der Waals surface area contributed by atoms with E-state index in [4.69, 9.17) is 0 Å². The first kappa shape index (κ1) is 19.8. The van der Waals surface area contributed by atoms with Crippen LogP contribution in [0, 0.1) is 0 Å². The highest BCUT2D eigenvalue weighted by Gasteiger charge is 2.52. The van der Waals surface area contributed by atoms with Crippen molar-refractivity contribution in [3.05, 3.63) is 70.8 Å². The number of nitrogens with zero attached hydrogens (tertiary/aromatic N) is 1. The Morgan fingerprint density at radius 1 is 0.692 bits per heavy atom. The Kier molecular flexibility index (Phi) is 5.51. The first-order valence-corrected chi connectivity index (χ1v) is 11.0. The third kappa shape index (κ3) is 3.22. The standard InChI is InChI=1S/C22H24Br2NO/c1-21(2)19(17-9-5-15(13-23)6-10-17)20(22(3,4)25(21)26)18-11-7-16(14-24)8-12-18/h5-12H,13-14H2,1-4H3. The number of hydrogen-bond acceptors (Lipinski definition) is 1. The predicted molar refractivity (Wildman–Crippen MR) is 116 cm³/mol. The van der Waals surface area contributed by atoms with Gasteiger partial charge in [-0.3, -0.25) is 0 Å². The maximum atomic E-state index is 13.2. The van der Waals surface area contributed by atoms with Gasteiger partial charge in [0, 0.05) is 10.7 Å². The van der Waals surface area contributed by atoms with Crippen molar-refractivity contribution >= 4 is 43.0 Å². The van der Waals surface area contributed by atoms with Gasteiger partial charge in [0.1, 0.15) is 0 Å². The first-order chi connectivity index (χ1) is 12.2. The first-order valence-electron chi connectivity index (χ1n) is 8.76.